The molecular weight excluding hydrogens is 1560 g/mol. The molecule has 0 atom stereocenters. The van der Waals surface area contributed by atoms with Crippen molar-refractivity contribution in [3.63, 3.8) is 0 Å². The maximum Gasteiger partial charge on any atom is 0.155 e. The third kappa shape index (κ3) is 12.5. The molecule has 8 heteroatoms. The number of rotatable bonds is 6. The molecule has 128 heavy (non-hydrogen) atoms. The number of anilines is 12. The minimum atomic E-state index is 0.868. The standard InChI is InChI=1S/2C31H21NO.2C29H19NO/c1-3-9-21(10-4-1)23-17-18-27-29(20-23)33-31-26-16-8-12-22-11-7-13-24(30(22)26)19-28(31)32(27)25-14-5-2-6-15-25;1-2-8-21(9-3-1)22-16-18-25(19-17-22)32-27-14-4-5-15-29(27)33-31-26-13-7-11-23-10-6-12-24(30(23)26)20-28(31)32;1-2-13-22-19(8-1)9-7-16-24(22)30-25-15-3-4-17-27(25)31-29-23-14-6-11-20-10-5-12-21(28(20)23)18-26(29)30;1-2-8-21-17-23(16-15-19(21)7-1)30-25-13-3-4-14-27(25)31-29-24-12-6-10-20-9-5-11-22(28(20)24)18-26(29)30/h1-15,17-20H,16H2;1-12,14-20H,13H2;1-13,15-18H,14H2;1-11,13-18H,12H2. The summed E-state index contributed by atoms with van der Waals surface area (Å²) in [6.07, 6.45) is 21.3. The monoisotopic (exact) mass is 1640 g/mol. The summed E-state index contributed by atoms with van der Waals surface area (Å²) in [5.74, 6) is 7.42. The molecule has 4 aliphatic carbocycles. The first-order chi connectivity index (χ1) is 63.5. The average Bonchev–Trinajstić information content (AvgIpc) is 0.729. The van der Waals surface area contributed by atoms with Gasteiger partial charge in [-0.15, -0.1) is 0 Å². The lowest BCUT2D eigenvalue weighted by atomic mass is 9.90. The Morgan fingerprint density at radius 3 is 0.984 bits per heavy atom. The lowest BCUT2D eigenvalue weighted by Gasteiger charge is -2.35. The predicted molar refractivity (Wildman–Crippen MR) is 532 cm³/mol. The van der Waals surface area contributed by atoms with Gasteiger partial charge in [0.2, 0.25) is 0 Å². The summed E-state index contributed by atoms with van der Waals surface area (Å²) in [4.78, 5) is 9.40. The van der Waals surface area contributed by atoms with Crippen LogP contribution in [0.5, 0.6) is 46.0 Å². The fourth-order valence-electron chi connectivity index (χ4n) is 20.4. The van der Waals surface area contributed by atoms with E-state index in [2.05, 4.69) is 432 Å². The molecule has 4 heterocycles. The first-order valence-electron chi connectivity index (χ1n) is 44.0. The van der Waals surface area contributed by atoms with E-state index >= 15 is 0 Å². The van der Waals surface area contributed by atoms with Crippen molar-refractivity contribution in [2.75, 3.05) is 19.6 Å². The van der Waals surface area contributed by atoms with Crippen molar-refractivity contribution in [3.05, 3.63) is 457 Å². The van der Waals surface area contributed by atoms with Gasteiger partial charge in [-0.1, -0.05) is 322 Å². The Morgan fingerprint density at radius 1 is 0.180 bits per heavy atom. The average molecular weight is 1640 g/mol. The summed E-state index contributed by atoms with van der Waals surface area (Å²) in [5, 5.41) is 15.2. The summed E-state index contributed by atoms with van der Waals surface area (Å²) in [6.45, 7) is 0. The number of benzene rings is 20. The number of ether oxygens (including phenoxy) is 4. The minimum absolute atomic E-state index is 0.868. The molecule has 8 nitrogen and oxygen atoms in total. The zero-order valence-electron chi connectivity index (χ0n) is 69.8. The maximum absolute atomic E-state index is 6.73. The lowest BCUT2D eigenvalue weighted by Crippen LogP contribution is -2.17. The van der Waals surface area contributed by atoms with Crippen LogP contribution >= 0.6 is 0 Å². The van der Waals surface area contributed by atoms with Crippen molar-refractivity contribution < 1.29 is 18.9 Å². The molecule has 604 valence electrons. The van der Waals surface area contributed by atoms with E-state index in [0.29, 0.717) is 0 Å². The lowest BCUT2D eigenvalue weighted by molar-refractivity contribution is 0.473. The largest absolute Gasteiger partial charge is 0.453 e. The van der Waals surface area contributed by atoms with Crippen LogP contribution in [-0.4, -0.2) is 0 Å². The molecule has 20 aromatic rings. The highest BCUT2D eigenvalue weighted by Gasteiger charge is 2.36. The highest BCUT2D eigenvalue weighted by Crippen LogP contribution is 2.61. The van der Waals surface area contributed by atoms with E-state index < -0.39 is 0 Å². The van der Waals surface area contributed by atoms with Crippen LogP contribution in [0.3, 0.4) is 0 Å². The molecule has 4 aliphatic heterocycles. The quantitative estimate of drug-likeness (QED) is 0.163. The van der Waals surface area contributed by atoms with Crippen molar-refractivity contribution in [3.8, 4) is 68.2 Å². The third-order valence-electron chi connectivity index (χ3n) is 26.1. The zero-order valence-corrected chi connectivity index (χ0v) is 69.8. The van der Waals surface area contributed by atoms with E-state index in [0.717, 1.165) is 140 Å². The molecule has 28 rings (SSSR count). The Hall–Kier alpha value is -16.7. The van der Waals surface area contributed by atoms with Crippen LogP contribution in [0.1, 0.15) is 44.5 Å². The van der Waals surface area contributed by atoms with Gasteiger partial charge < -0.3 is 38.5 Å². The normalized spacial score (nSPS) is 13.6. The summed E-state index contributed by atoms with van der Waals surface area (Å²) >= 11 is 0. The van der Waals surface area contributed by atoms with E-state index in [4.69, 9.17) is 18.9 Å². The molecule has 0 bridgehead atoms. The van der Waals surface area contributed by atoms with E-state index in [1.165, 1.54) is 132 Å². The summed E-state index contributed by atoms with van der Waals surface area (Å²) in [6, 6.07) is 137. The van der Waals surface area contributed by atoms with Gasteiger partial charge in [0.25, 0.3) is 0 Å². The highest BCUT2D eigenvalue weighted by atomic mass is 16.5. The molecule has 0 unspecified atom stereocenters. The Kier molecular flexibility index (Phi) is 17.7. The minimum Gasteiger partial charge on any atom is -0.453 e. The molecular formula is C120H80N4O4. The maximum atomic E-state index is 6.73. The number of para-hydroxylation sites is 7. The fraction of sp³-hybridized carbons (Fsp3) is 0.0333. The first kappa shape index (κ1) is 74.0. The van der Waals surface area contributed by atoms with Gasteiger partial charge >= 0.3 is 0 Å². The number of hydrogen-bond acceptors (Lipinski definition) is 8. The van der Waals surface area contributed by atoms with Crippen LogP contribution in [0, 0.1) is 0 Å². The van der Waals surface area contributed by atoms with Gasteiger partial charge in [0, 0.05) is 44.7 Å². The Bertz CT molecular complexity index is 8060. The van der Waals surface area contributed by atoms with Crippen molar-refractivity contribution in [2.45, 2.75) is 25.7 Å². The first-order valence-corrected chi connectivity index (χ1v) is 44.0. The van der Waals surface area contributed by atoms with E-state index in [9.17, 15) is 0 Å². The SMILES string of the molecule is C1=Cc2cccc3cc4c(c(c23)C1)Oc1cc(-c2ccccc2)ccc1N4c1ccccc1.C1=Cc2cccc3cc4c(c(c23)C1)Oc1ccccc1N4c1ccc(-c2ccccc2)cc1.C1=Cc2cccc3cc4c(c(c23)C1)Oc1ccccc1N4c1ccc2ccccc2c1.C1=Cc2cccc3cc4c(c(c23)C1)Oc1ccccc1N4c1cccc2ccccc12. The third-order valence-corrected chi connectivity index (χ3v) is 26.1. The van der Waals surface area contributed by atoms with Crippen LogP contribution in [0.15, 0.2) is 413 Å². The molecule has 0 saturated carbocycles. The number of nitrogens with zero attached hydrogens (tertiary/aromatic N) is 4. The summed E-state index contributed by atoms with van der Waals surface area (Å²) < 4.78 is 26.4. The Balaban J connectivity index is 0.0000000926. The molecule has 0 saturated heterocycles. The molecule has 0 fully saturated rings. The van der Waals surface area contributed by atoms with Crippen LogP contribution in [-0.2, 0) is 25.7 Å². The number of fused-ring (bicyclic) bond motifs is 14. The van der Waals surface area contributed by atoms with Crippen molar-refractivity contribution in [1.29, 1.82) is 0 Å². The van der Waals surface area contributed by atoms with Crippen molar-refractivity contribution in [1.82, 2.24) is 0 Å². The molecule has 0 aromatic heterocycles. The Labute approximate surface area is 741 Å². The topological polar surface area (TPSA) is 49.9 Å². The molecule has 0 amide bonds. The second-order valence-electron chi connectivity index (χ2n) is 33.5. The van der Waals surface area contributed by atoms with Gasteiger partial charge in [0.05, 0.1) is 51.2 Å². The molecule has 20 aromatic carbocycles. The van der Waals surface area contributed by atoms with Crippen LogP contribution < -0.4 is 38.5 Å². The fourth-order valence-corrected chi connectivity index (χ4v) is 20.4. The number of allylic oxidation sites excluding steroid dienone is 4. The van der Waals surface area contributed by atoms with Gasteiger partial charge in [-0.2, -0.15) is 0 Å². The van der Waals surface area contributed by atoms with Gasteiger partial charge in [0.1, 0.15) is 0 Å². The predicted octanol–water partition coefficient (Wildman–Crippen LogP) is 33.6. The van der Waals surface area contributed by atoms with Gasteiger partial charge in [-0.3, -0.25) is 0 Å². The highest BCUT2D eigenvalue weighted by molar-refractivity contribution is 6.10. The van der Waals surface area contributed by atoms with E-state index in [1.807, 2.05) is 24.3 Å². The van der Waals surface area contributed by atoms with Gasteiger partial charge in [-0.05, 0) is 245 Å². The van der Waals surface area contributed by atoms with Gasteiger partial charge in [-0.25, -0.2) is 0 Å². The smallest absolute Gasteiger partial charge is 0.155 e. The van der Waals surface area contributed by atoms with Gasteiger partial charge in [0.15, 0.2) is 46.0 Å². The van der Waals surface area contributed by atoms with Crippen LogP contribution in [0.25, 0.3) is 111 Å². The van der Waals surface area contributed by atoms with Crippen LogP contribution in [0.2, 0.25) is 0 Å². The van der Waals surface area contributed by atoms with Crippen molar-refractivity contribution in [2.24, 2.45) is 0 Å². The zero-order chi connectivity index (χ0) is 84.3. The molecule has 0 radical (unpaired) electrons. The second-order valence-corrected chi connectivity index (χ2v) is 33.5. The molecule has 0 spiro atoms. The number of hydrogen-bond donors (Lipinski definition) is 0. The Morgan fingerprint density at radius 2 is 0.500 bits per heavy atom. The van der Waals surface area contributed by atoms with E-state index in [1.54, 1.807) is 0 Å². The van der Waals surface area contributed by atoms with Crippen LogP contribution in [0.4, 0.5) is 68.2 Å². The molecule has 8 aliphatic rings. The summed E-state index contributed by atoms with van der Waals surface area (Å²) in [7, 11) is 0. The van der Waals surface area contributed by atoms with E-state index in [-0.39, 0.29) is 0 Å². The summed E-state index contributed by atoms with van der Waals surface area (Å²) in [5.41, 5.74) is 28.1. The van der Waals surface area contributed by atoms with Crippen molar-refractivity contribution >= 4 is 157 Å². The second kappa shape index (κ2) is 30.7. The molecule has 0 N–H and O–H groups in total.